The molecule has 4 heavy (non-hydrogen) atoms. The fourth-order valence-corrected chi connectivity index (χ4v) is 0.0481. The van der Waals surface area contributed by atoms with Crippen molar-refractivity contribution in [2.75, 3.05) is 0 Å². The molecule has 1 heteroatoms. The van der Waals surface area contributed by atoms with Gasteiger partial charge in [-0.15, -0.1) is 0 Å². The van der Waals surface area contributed by atoms with Gasteiger partial charge in [0.1, 0.15) is 0 Å². The van der Waals surface area contributed by atoms with Gasteiger partial charge in [0, 0.05) is 12.1 Å². The second kappa shape index (κ2) is 0.246. The standard InChI is InChI=1S/C3H3N/c4-3-1-2-3/h1-2,4H/p+1. The minimum Gasteiger partial charge on any atom is -0.254 e. The summed E-state index contributed by atoms with van der Waals surface area (Å²) in [5.74, 6) is 0. The van der Waals surface area contributed by atoms with Gasteiger partial charge in [-0.1, -0.05) is 0 Å². The third kappa shape index (κ3) is 0.0408. The zero-order valence-electron chi connectivity index (χ0n) is 2.23. The molecular weight excluding hydrogens is 50.0 g/mol. The van der Waals surface area contributed by atoms with Gasteiger partial charge in [0.05, 0.1) is 0 Å². The van der Waals surface area contributed by atoms with Gasteiger partial charge in [-0.3, -0.25) is 5.41 Å². The van der Waals surface area contributed by atoms with Crippen molar-refractivity contribution in [3.63, 3.8) is 0 Å². The molecule has 0 aromatic heterocycles. The molecule has 0 unspecified atom stereocenters. The van der Waals surface area contributed by atoms with Gasteiger partial charge in [0.25, 0.3) is 0 Å². The van der Waals surface area contributed by atoms with Crippen LogP contribution >= 0.6 is 0 Å². The molecule has 2 N–H and O–H groups in total. The molecule has 20 valence electrons. The smallest absolute Gasteiger partial charge is 0.197 e. The molecule has 1 aromatic carbocycles. The summed E-state index contributed by atoms with van der Waals surface area (Å²) in [6.45, 7) is 0. The molecule has 0 heterocycles. The van der Waals surface area contributed by atoms with Crippen LogP contribution in [-0.4, -0.2) is 0 Å². The Kier molecular flexibility index (Phi) is 0.105. The fraction of sp³-hybridized carbons (Fsp3) is 0. The van der Waals surface area contributed by atoms with Crippen LogP contribution < -0.4 is 10.8 Å². The highest BCUT2D eigenvalue weighted by molar-refractivity contribution is 4.95. The Morgan fingerprint density at radius 1 is 1.50 bits per heavy atom. The quantitative estimate of drug-likeness (QED) is 0.362. The van der Waals surface area contributed by atoms with Crippen LogP contribution in [0.15, 0.2) is 12.1 Å². The Morgan fingerprint density at radius 3 is 1.75 bits per heavy atom. The monoisotopic (exact) mass is 54.0 g/mol. The molecule has 0 aliphatic rings. The van der Waals surface area contributed by atoms with E-state index < -0.39 is 0 Å². The average Bonchev–Trinajstić information content (AvgIpc) is 1.75. The average molecular weight is 54.1 g/mol. The first-order chi connectivity index (χ1) is 1.89. The molecule has 0 radical (unpaired) electrons. The van der Waals surface area contributed by atoms with E-state index in [4.69, 9.17) is 5.41 Å². The molecule has 0 aliphatic carbocycles. The second-order valence-electron chi connectivity index (χ2n) is 0.833. The Hall–Kier alpha value is -0.590. The zero-order valence-corrected chi connectivity index (χ0v) is 2.23. The third-order valence-electron chi connectivity index (χ3n) is 0.359. The second-order valence-corrected chi connectivity index (χ2v) is 0.833. The highest BCUT2D eigenvalue weighted by Crippen LogP contribution is 1.57. The summed E-state index contributed by atoms with van der Waals surface area (Å²) < 4.78 is 0. The molecular formula is C3H4N+. The zero-order chi connectivity index (χ0) is 2.99. The molecule has 0 amide bonds. The lowest BCUT2D eigenvalue weighted by molar-refractivity contribution is -0.167. The topological polar surface area (TPSA) is 25.6 Å². The number of hydrogen-bond acceptors (Lipinski definition) is 0. The predicted octanol–water partition coefficient (Wildman–Crippen LogP) is -1.78. The van der Waals surface area contributed by atoms with Crippen LogP contribution in [0.25, 0.3) is 0 Å². The molecule has 0 atom stereocenters. The van der Waals surface area contributed by atoms with Crippen LogP contribution in [0, 0.1) is 0 Å². The van der Waals surface area contributed by atoms with Crippen LogP contribution in [0.4, 0.5) is 0 Å². The van der Waals surface area contributed by atoms with Crippen molar-refractivity contribution >= 4 is 0 Å². The largest absolute Gasteiger partial charge is 0.254 e. The van der Waals surface area contributed by atoms with E-state index in [0.29, 0.717) is 0 Å². The predicted molar refractivity (Wildman–Crippen MR) is 13.9 cm³/mol. The van der Waals surface area contributed by atoms with E-state index in [1.165, 1.54) is 0 Å². The molecule has 0 aliphatic heterocycles. The van der Waals surface area contributed by atoms with E-state index in [-0.39, 0.29) is 0 Å². The van der Waals surface area contributed by atoms with Crippen LogP contribution in [0.1, 0.15) is 0 Å². The minimum atomic E-state index is 0.917. The van der Waals surface area contributed by atoms with Crippen LogP contribution in [0.2, 0.25) is 0 Å². The van der Waals surface area contributed by atoms with Gasteiger partial charge in [-0.05, 0) is 0 Å². The van der Waals surface area contributed by atoms with Crippen molar-refractivity contribution in [3.8, 4) is 0 Å². The van der Waals surface area contributed by atoms with Crippen LogP contribution in [0.3, 0.4) is 0 Å². The molecule has 0 spiro atoms. The van der Waals surface area contributed by atoms with E-state index in [2.05, 4.69) is 0 Å². The highest BCUT2D eigenvalue weighted by atomic mass is 14.3. The van der Waals surface area contributed by atoms with E-state index >= 15 is 0 Å². The van der Waals surface area contributed by atoms with Gasteiger partial charge in [-0.25, -0.2) is 0 Å². The van der Waals surface area contributed by atoms with Crippen molar-refractivity contribution < 1.29 is 5.41 Å². The molecule has 1 rings (SSSR count). The van der Waals surface area contributed by atoms with E-state index in [1.54, 1.807) is 0 Å². The lowest BCUT2D eigenvalue weighted by atomic mass is 11.1. The molecule has 0 bridgehead atoms. The van der Waals surface area contributed by atoms with Gasteiger partial charge in [0.2, 0.25) is 0 Å². The maximum Gasteiger partial charge on any atom is 0.197 e. The Labute approximate surface area is 24.1 Å². The Balaban J connectivity index is 3.55. The summed E-state index contributed by atoms with van der Waals surface area (Å²) in [5.41, 5.74) is 0. The normalized spacial score (nSPS) is 9.00. The van der Waals surface area contributed by atoms with Crippen molar-refractivity contribution in [2.24, 2.45) is 0 Å². The van der Waals surface area contributed by atoms with Crippen molar-refractivity contribution in [1.29, 1.82) is 0 Å². The maximum atomic E-state index is 5.03. The first kappa shape index (κ1) is 1.70. The van der Waals surface area contributed by atoms with E-state index in [9.17, 15) is 0 Å². The number of rotatable bonds is 0. The van der Waals surface area contributed by atoms with Crippen LogP contribution in [-0.2, 0) is 0 Å². The molecule has 1 aromatic rings. The summed E-state index contributed by atoms with van der Waals surface area (Å²) in [4.78, 5) is 0. The summed E-state index contributed by atoms with van der Waals surface area (Å²) in [6, 6.07) is 3.72. The van der Waals surface area contributed by atoms with Gasteiger partial charge in [-0.2, -0.15) is 0 Å². The molecule has 0 fully saturated rings. The van der Waals surface area contributed by atoms with Gasteiger partial charge >= 0.3 is 0 Å². The Bertz CT molecular complexity index is 92.1. The minimum absolute atomic E-state index is 0.917. The van der Waals surface area contributed by atoms with Gasteiger partial charge in [0.15, 0.2) is 5.36 Å². The summed E-state index contributed by atoms with van der Waals surface area (Å²) in [7, 11) is 0. The molecule has 0 saturated heterocycles. The van der Waals surface area contributed by atoms with Crippen molar-refractivity contribution in [1.82, 2.24) is 0 Å². The van der Waals surface area contributed by atoms with E-state index in [1.807, 2.05) is 12.1 Å². The Morgan fingerprint density at radius 2 is 1.75 bits per heavy atom. The fourth-order valence-electron chi connectivity index (χ4n) is 0.0481. The van der Waals surface area contributed by atoms with Gasteiger partial charge < -0.3 is 0 Å². The van der Waals surface area contributed by atoms with Crippen LogP contribution in [0.5, 0.6) is 0 Å². The third-order valence-corrected chi connectivity index (χ3v) is 0.359. The summed E-state index contributed by atoms with van der Waals surface area (Å²) in [6.07, 6.45) is 0. The summed E-state index contributed by atoms with van der Waals surface area (Å²) >= 11 is 0. The SMILES string of the molecule is [NH2+]=c1cc1. The highest BCUT2D eigenvalue weighted by Gasteiger charge is 1.81. The van der Waals surface area contributed by atoms with E-state index in [0.717, 1.165) is 5.36 Å². The lowest BCUT2D eigenvalue weighted by Gasteiger charge is -1.09. The van der Waals surface area contributed by atoms with Crippen molar-refractivity contribution in [2.45, 2.75) is 0 Å². The molecule has 1 nitrogen and oxygen atoms in total. The molecule has 0 saturated carbocycles. The first-order valence-corrected chi connectivity index (χ1v) is 1.20. The number of nitrogens with two attached hydrogens (primary N) is 1. The first-order valence-electron chi connectivity index (χ1n) is 1.20. The maximum absolute atomic E-state index is 5.03. The number of hydrogen-bond donors (Lipinski definition) is 1. The summed E-state index contributed by atoms with van der Waals surface area (Å²) in [5, 5.41) is 5.94. The van der Waals surface area contributed by atoms with Crippen molar-refractivity contribution in [3.05, 3.63) is 17.5 Å². The lowest BCUT2D eigenvalue weighted by Crippen LogP contribution is -2.38.